The molecule has 0 spiro atoms. The molecule has 2 amide bonds. The Morgan fingerprint density at radius 2 is 1.77 bits per heavy atom. The van der Waals surface area contributed by atoms with Crippen molar-refractivity contribution in [2.75, 3.05) is 5.75 Å². The zero-order chi connectivity index (χ0) is 21.6. The Morgan fingerprint density at radius 3 is 2.52 bits per heavy atom. The highest BCUT2D eigenvalue weighted by Gasteiger charge is 2.32. The first-order chi connectivity index (χ1) is 15.1. The van der Waals surface area contributed by atoms with E-state index in [2.05, 4.69) is 26.5 Å². The minimum Gasteiger partial charge on any atom is -0.322 e. The van der Waals surface area contributed by atoms with Crippen LogP contribution >= 0.6 is 27.7 Å². The molecule has 1 aliphatic heterocycles. The van der Waals surface area contributed by atoms with Crippen LogP contribution in [-0.2, 0) is 11.3 Å². The van der Waals surface area contributed by atoms with Crippen LogP contribution < -0.4 is 5.43 Å². The van der Waals surface area contributed by atoms with Crippen LogP contribution in [0, 0.1) is 0 Å². The third-order valence-electron chi connectivity index (χ3n) is 4.90. The van der Waals surface area contributed by atoms with Gasteiger partial charge >= 0.3 is 0 Å². The molecule has 4 rings (SSSR count). The van der Waals surface area contributed by atoms with Crippen LogP contribution in [0.4, 0.5) is 0 Å². The SMILES string of the molecule is O=C(N/N=C\c1ccccc1Br)c1ccc([C@@H]2SCC(=O)N2Cc2ccccc2)cc1. The van der Waals surface area contributed by atoms with E-state index in [4.69, 9.17) is 0 Å². The maximum atomic E-state index is 12.4. The first-order valence-electron chi connectivity index (χ1n) is 9.75. The lowest BCUT2D eigenvalue weighted by Crippen LogP contribution is -2.27. The largest absolute Gasteiger partial charge is 0.322 e. The molecule has 0 unspecified atom stereocenters. The van der Waals surface area contributed by atoms with Gasteiger partial charge in [-0.05, 0) is 29.3 Å². The molecule has 1 saturated heterocycles. The zero-order valence-electron chi connectivity index (χ0n) is 16.6. The molecule has 0 saturated carbocycles. The van der Waals surface area contributed by atoms with E-state index < -0.39 is 0 Å². The monoisotopic (exact) mass is 493 g/mol. The fourth-order valence-corrected chi connectivity index (χ4v) is 4.86. The lowest BCUT2D eigenvalue weighted by Gasteiger charge is -2.24. The Labute approximate surface area is 193 Å². The van der Waals surface area contributed by atoms with Crippen LogP contribution in [0.15, 0.2) is 88.4 Å². The van der Waals surface area contributed by atoms with Crippen molar-refractivity contribution >= 4 is 45.7 Å². The molecule has 5 nitrogen and oxygen atoms in total. The van der Waals surface area contributed by atoms with Crippen LogP contribution in [0.5, 0.6) is 0 Å². The van der Waals surface area contributed by atoms with Crippen molar-refractivity contribution < 1.29 is 9.59 Å². The van der Waals surface area contributed by atoms with Crippen LogP contribution in [0.2, 0.25) is 0 Å². The summed E-state index contributed by atoms with van der Waals surface area (Å²) in [6.45, 7) is 0.573. The summed E-state index contributed by atoms with van der Waals surface area (Å²) in [6, 6.07) is 24.9. The van der Waals surface area contributed by atoms with E-state index in [1.54, 1.807) is 30.1 Å². The molecule has 0 aliphatic carbocycles. The highest BCUT2D eigenvalue weighted by molar-refractivity contribution is 9.10. The summed E-state index contributed by atoms with van der Waals surface area (Å²) in [4.78, 5) is 26.7. The number of nitrogens with zero attached hydrogens (tertiary/aromatic N) is 2. The molecular formula is C24H20BrN3O2S. The highest BCUT2D eigenvalue weighted by Crippen LogP contribution is 2.39. The molecule has 31 heavy (non-hydrogen) atoms. The molecule has 1 aliphatic rings. The number of halogens is 1. The number of carbonyl (C=O) groups excluding carboxylic acids is 2. The van der Waals surface area contributed by atoms with Gasteiger partial charge < -0.3 is 4.90 Å². The summed E-state index contributed by atoms with van der Waals surface area (Å²) < 4.78 is 0.904. The van der Waals surface area contributed by atoms with E-state index in [-0.39, 0.29) is 17.2 Å². The summed E-state index contributed by atoms with van der Waals surface area (Å²) in [5.41, 5.74) is 6.04. The first kappa shape index (κ1) is 21.3. The van der Waals surface area contributed by atoms with Crippen LogP contribution in [0.25, 0.3) is 0 Å². The topological polar surface area (TPSA) is 61.8 Å². The average molecular weight is 494 g/mol. The fraction of sp³-hybridized carbons (Fsp3) is 0.125. The van der Waals surface area contributed by atoms with Gasteiger partial charge in [0.05, 0.1) is 12.0 Å². The molecular weight excluding hydrogens is 474 g/mol. The Balaban J connectivity index is 1.41. The third-order valence-corrected chi connectivity index (χ3v) is 6.87. The number of carbonyl (C=O) groups is 2. The first-order valence-corrected chi connectivity index (χ1v) is 11.6. The maximum Gasteiger partial charge on any atom is 0.271 e. The number of thioether (sulfide) groups is 1. The number of benzene rings is 3. The van der Waals surface area contributed by atoms with Gasteiger partial charge in [-0.1, -0.05) is 76.6 Å². The van der Waals surface area contributed by atoms with Crippen LogP contribution in [0.1, 0.15) is 32.4 Å². The van der Waals surface area contributed by atoms with E-state index in [0.29, 0.717) is 17.9 Å². The third kappa shape index (κ3) is 5.24. The van der Waals surface area contributed by atoms with E-state index >= 15 is 0 Å². The summed E-state index contributed by atoms with van der Waals surface area (Å²) >= 11 is 5.05. The summed E-state index contributed by atoms with van der Waals surface area (Å²) in [7, 11) is 0. The molecule has 7 heteroatoms. The minimum absolute atomic E-state index is 0.0572. The molecule has 3 aromatic carbocycles. The standard InChI is InChI=1S/C24H20BrN3O2S/c25-21-9-5-4-8-20(21)14-26-27-23(30)18-10-12-19(13-11-18)24-28(22(29)16-31-24)15-17-6-2-1-3-7-17/h1-14,24H,15-16H2,(H,27,30)/b26-14-/t24-/m0/s1. The van der Waals surface area contributed by atoms with Gasteiger partial charge in [0.2, 0.25) is 5.91 Å². The van der Waals surface area contributed by atoms with Gasteiger partial charge in [0, 0.05) is 22.1 Å². The van der Waals surface area contributed by atoms with E-state index in [0.717, 1.165) is 21.2 Å². The van der Waals surface area contributed by atoms with Gasteiger partial charge in [-0.3, -0.25) is 9.59 Å². The smallest absolute Gasteiger partial charge is 0.271 e. The molecule has 0 aromatic heterocycles. The number of hydrazone groups is 1. The molecule has 1 N–H and O–H groups in total. The zero-order valence-corrected chi connectivity index (χ0v) is 19.0. The summed E-state index contributed by atoms with van der Waals surface area (Å²) in [6.07, 6.45) is 1.60. The second-order valence-corrected chi connectivity index (χ2v) is 8.94. The van der Waals surface area contributed by atoms with Gasteiger partial charge in [0.15, 0.2) is 0 Å². The quantitative estimate of drug-likeness (QED) is 0.388. The fourth-order valence-electron chi connectivity index (χ4n) is 3.29. The minimum atomic E-state index is -0.286. The lowest BCUT2D eigenvalue weighted by molar-refractivity contribution is -0.128. The van der Waals surface area contributed by atoms with Gasteiger partial charge in [0.25, 0.3) is 5.91 Å². The van der Waals surface area contributed by atoms with Gasteiger partial charge in [-0.25, -0.2) is 5.43 Å². The predicted octanol–water partition coefficient (Wildman–Crippen LogP) is 4.99. The Morgan fingerprint density at radius 1 is 1.06 bits per heavy atom. The number of nitrogens with one attached hydrogen (secondary N) is 1. The van der Waals surface area contributed by atoms with Crippen LogP contribution in [-0.4, -0.2) is 28.7 Å². The van der Waals surface area contributed by atoms with Crippen LogP contribution in [0.3, 0.4) is 0 Å². The second kappa shape index (κ2) is 9.94. The van der Waals surface area contributed by atoms with Crippen molar-refractivity contribution in [2.45, 2.75) is 11.9 Å². The number of hydrogen-bond donors (Lipinski definition) is 1. The normalized spacial score (nSPS) is 16.1. The highest BCUT2D eigenvalue weighted by atomic mass is 79.9. The molecule has 3 aromatic rings. The van der Waals surface area contributed by atoms with Crippen molar-refractivity contribution in [1.82, 2.24) is 10.3 Å². The molecule has 1 atom stereocenters. The Bertz CT molecular complexity index is 1100. The molecule has 0 bridgehead atoms. The molecule has 156 valence electrons. The number of hydrogen-bond acceptors (Lipinski definition) is 4. The predicted molar refractivity (Wildman–Crippen MR) is 128 cm³/mol. The van der Waals surface area contributed by atoms with Crippen molar-refractivity contribution in [3.05, 3.63) is 106 Å². The molecule has 1 fully saturated rings. The van der Waals surface area contributed by atoms with Crippen molar-refractivity contribution in [2.24, 2.45) is 5.10 Å². The second-order valence-electron chi connectivity index (χ2n) is 7.01. The maximum absolute atomic E-state index is 12.4. The van der Waals surface area contributed by atoms with Gasteiger partial charge in [0.1, 0.15) is 5.37 Å². The number of rotatable bonds is 6. The van der Waals surface area contributed by atoms with E-state index in [9.17, 15) is 9.59 Å². The Kier molecular flexibility index (Phi) is 6.84. The summed E-state index contributed by atoms with van der Waals surface area (Å²) in [5.74, 6) is 0.303. The van der Waals surface area contributed by atoms with E-state index in [1.165, 1.54) is 0 Å². The number of amides is 2. The lowest BCUT2D eigenvalue weighted by atomic mass is 10.1. The Hall–Kier alpha value is -2.90. The summed E-state index contributed by atoms with van der Waals surface area (Å²) in [5, 5.41) is 3.98. The van der Waals surface area contributed by atoms with Crippen molar-refractivity contribution in [3.63, 3.8) is 0 Å². The van der Waals surface area contributed by atoms with Gasteiger partial charge in [-0.15, -0.1) is 11.8 Å². The van der Waals surface area contributed by atoms with E-state index in [1.807, 2.05) is 71.6 Å². The van der Waals surface area contributed by atoms with Crippen molar-refractivity contribution in [1.29, 1.82) is 0 Å². The molecule has 1 heterocycles. The van der Waals surface area contributed by atoms with Gasteiger partial charge in [-0.2, -0.15) is 5.10 Å². The molecule has 0 radical (unpaired) electrons. The van der Waals surface area contributed by atoms with Crippen molar-refractivity contribution in [3.8, 4) is 0 Å². The average Bonchev–Trinajstić information content (AvgIpc) is 3.16.